The maximum Gasteiger partial charge on any atom is 0.255 e. The molecule has 0 aliphatic carbocycles. The van der Waals surface area contributed by atoms with Gasteiger partial charge in [-0.25, -0.2) is 0 Å². The first-order valence-electron chi connectivity index (χ1n) is 17.4. The number of hydrogen-bond acceptors (Lipinski definition) is 6. The third-order valence-electron chi connectivity index (χ3n) is 10.2. The predicted molar refractivity (Wildman–Crippen MR) is 201 cm³/mol. The number of nitrogens with zero attached hydrogens (tertiary/aromatic N) is 1. The van der Waals surface area contributed by atoms with Crippen LogP contribution in [-0.2, 0) is 22.5 Å². The molecule has 2 amide bonds. The van der Waals surface area contributed by atoms with Crippen LogP contribution in [0.3, 0.4) is 0 Å². The second kappa shape index (κ2) is 17.0. The van der Waals surface area contributed by atoms with Crippen molar-refractivity contribution in [3.63, 3.8) is 0 Å². The number of amides is 2. The Hall–Kier alpha value is -4.44. The third-order valence-corrected chi connectivity index (χ3v) is 14.6. The highest BCUT2D eigenvalue weighted by Gasteiger charge is 2.51. The maximum absolute atomic E-state index is 13.9. The highest BCUT2D eigenvalue weighted by Crippen LogP contribution is 2.46. The fourth-order valence-corrected chi connectivity index (χ4v) is 11.4. The molecule has 2 N–H and O–H groups in total. The molecule has 264 valence electrons. The minimum absolute atomic E-state index is 0.00226. The number of aryl methyl sites for hydroxylation is 1. The highest BCUT2D eigenvalue weighted by atomic mass is 28.3. The molecule has 0 radical (unpaired) electrons. The van der Waals surface area contributed by atoms with E-state index in [-0.39, 0.29) is 55.1 Å². The van der Waals surface area contributed by atoms with Crippen molar-refractivity contribution >= 4 is 30.8 Å². The largest absolute Gasteiger partial charge is 0.497 e. The molecule has 1 aliphatic rings. The van der Waals surface area contributed by atoms with Gasteiger partial charge in [0.25, 0.3) is 5.91 Å². The van der Waals surface area contributed by atoms with Crippen LogP contribution in [0.15, 0.2) is 103 Å². The minimum Gasteiger partial charge on any atom is -0.497 e. The van der Waals surface area contributed by atoms with E-state index in [4.69, 9.17) is 14.2 Å². The quantitative estimate of drug-likeness (QED) is 0.135. The number of anilines is 1. The van der Waals surface area contributed by atoms with E-state index in [2.05, 4.69) is 37.5 Å². The van der Waals surface area contributed by atoms with Gasteiger partial charge >= 0.3 is 0 Å². The van der Waals surface area contributed by atoms with Crippen LogP contribution in [0.25, 0.3) is 0 Å². The molecule has 1 aliphatic heterocycles. The summed E-state index contributed by atoms with van der Waals surface area (Å²) in [5.74, 6) is 1.59. The van der Waals surface area contributed by atoms with Gasteiger partial charge in [0.05, 0.1) is 47.5 Å². The lowest BCUT2D eigenvalue weighted by Crippen LogP contribution is -2.51. The number of benzene rings is 4. The molecular weight excluding hydrogens is 645 g/mol. The van der Waals surface area contributed by atoms with Crippen molar-refractivity contribution in [3.05, 3.63) is 120 Å². The first-order valence-corrected chi connectivity index (χ1v) is 20.5. The van der Waals surface area contributed by atoms with Gasteiger partial charge in [-0.3, -0.25) is 9.59 Å². The van der Waals surface area contributed by atoms with Crippen molar-refractivity contribution in [3.8, 4) is 11.5 Å². The number of carbonyl (C=O) groups is 2. The summed E-state index contributed by atoms with van der Waals surface area (Å²) in [5.41, 5.74) is 3.68. The van der Waals surface area contributed by atoms with Crippen LogP contribution in [0.2, 0.25) is 18.6 Å². The Morgan fingerprint density at radius 1 is 0.820 bits per heavy atom. The zero-order valence-electron chi connectivity index (χ0n) is 29.8. The number of ether oxygens (including phenoxy) is 3. The summed E-state index contributed by atoms with van der Waals surface area (Å²) in [7, 11) is 1.12. The van der Waals surface area contributed by atoms with Gasteiger partial charge in [-0.05, 0) is 84.0 Å². The highest BCUT2D eigenvalue weighted by molar-refractivity contribution is 6.91. The van der Waals surface area contributed by atoms with E-state index in [0.29, 0.717) is 17.9 Å². The molecule has 50 heavy (non-hydrogen) atoms. The molecule has 4 atom stereocenters. The summed E-state index contributed by atoms with van der Waals surface area (Å²) in [5, 5.41) is 14.1. The average molecular weight is 695 g/mol. The van der Waals surface area contributed by atoms with E-state index in [1.165, 1.54) is 5.19 Å². The van der Waals surface area contributed by atoms with E-state index in [1.54, 1.807) is 43.4 Å². The van der Waals surface area contributed by atoms with Gasteiger partial charge in [0.2, 0.25) is 5.91 Å². The van der Waals surface area contributed by atoms with Gasteiger partial charge in [0, 0.05) is 24.3 Å². The molecule has 8 nitrogen and oxygen atoms in total. The molecule has 4 aromatic carbocycles. The SMILES string of the molecule is COc1ccc(C(=O)Nc2ccc(CC[C@H]3O[C@@H](CC(=O)N(CCO)Cc4ccccc4)[C@H]([Si](C)(C)c4ccc(OC)cc4)[C@H]3C)cc2)cc1. The number of aliphatic hydroxyl groups excluding tert-OH is 1. The Morgan fingerprint density at radius 2 is 1.44 bits per heavy atom. The van der Waals surface area contributed by atoms with Crippen molar-refractivity contribution in [1.82, 2.24) is 4.90 Å². The van der Waals surface area contributed by atoms with Crippen molar-refractivity contribution < 1.29 is 28.9 Å². The number of carbonyl (C=O) groups excluding carboxylic acids is 2. The van der Waals surface area contributed by atoms with Gasteiger partial charge in [-0.15, -0.1) is 0 Å². The molecule has 4 aromatic rings. The first-order chi connectivity index (χ1) is 24.1. The van der Waals surface area contributed by atoms with Crippen LogP contribution < -0.4 is 20.0 Å². The molecule has 5 rings (SSSR count). The second-order valence-corrected chi connectivity index (χ2v) is 18.4. The second-order valence-electron chi connectivity index (χ2n) is 13.7. The Bertz CT molecular complexity index is 1680. The normalized spacial score (nSPS) is 18.8. The minimum atomic E-state index is -2.16. The average Bonchev–Trinajstić information content (AvgIpc) is 3.46. The van der Waals surface area contributed by atoms with Crippen molar-refractivity contribution in [2.75, 3.05) is 32.7 Å². The van der Waals surface area contributed by atoms with Crippen molar-refractivity contribution in [1.29, 1.82) is 0 Å². The number of methoxy groups -OCH3 is 2. The van der Waals surface area contributed by atoms with Gasteiger partial charge in [0.1, 0.15) is 11.5 Å². The molecule has 0 saturated carbocycles. The van der Waals surface area contributed by atoms with E-state index in [0.717, 1.165) is 35.4 Å². The van der Waals surface area contributed by atoms with Crippen molar-refractivity contribution in [2.45, 2.75) is 63.6 Å². The fourth-order valence-electron chi connectivity index (χ4n) is 7.37. The van der Waals surface area contributed by atoms with Gasteiger partial charge in [-0.1, -0.05) is 79.8 Å². The first kappa shape index (κ1) is 36.8. The smallest absolute Gasteiger partial charge is 0.255 e. The third kappa shape index (κ3) is 9.01. The van der Waals surface area contributed by atoms with Gasteiger partial charge in [0.15, 0.2) is 0 Å². The number of aliphatic hydroxyl groups is 1. The molecule has 1 saturated heterocycles. The molecule has 0 bridgehead atoms. The van der Waals surface area contributed by atoms with Crippen LogP contribution in [0.5, 0.6) is 11.5 Å². The Kier molecular flexibility index (Phi) is 12.5. The Morgan fingerprint density at radius 3 is 2.04 bits per heavy atom. The monoisotopic (exact) mass is 694 g/mol. The zero-order chi connectivity index (χ0) is 35.7. The summed E-state index contributed by atoms with van der Waals surface area (Å²) in [6, 6.07) is 33.3. The molecular formula is C41H50N2O6Si. The van der Waals surface area contributed by atoms with Crippen LogP contribution in [0.1, 0.15) is 41.3 Å². The Balaban J connectivity index is 1.29. The lowest BCUT2D eigenvalue weighted by atomic mass is 9.95. The predicted octanol–water partition coefficient (Wildman–Crippen LogP) is 6.69. The van der Waals surface area contributed by atoms with Crippen LogP contribution >= 0.6 is 0 Å². The lowest BCUT2D eigenvalue weighted by Gasteiger charge is -2.36. The molecule has 0 spiro atoms. The van der Waals surface area contributed by atoms with E-state index < -0.39 is 8.07 Å². The van der Waals surface area contributed by atoms with Gasteiger partial charge in [-0.2, -0.15) is 0 Å². The summed E-state index contributed by atoms with van der Waals surface area (Å²) in [6.07, 6.45) is 1.64. The molecule has 1 heterocycles. The summed E-state index contributed by atoms with van der Waals surface area (Å²) in [4.78, 5) is 28.4. The topological polar surface area (TPSA) is 97.3 Å². The van der Waals surface area contributed by atoms with E-state index in [1.807, 2.05) is 66.7 Å². The zero-order valence-corrected chi connectivity index (χ0v) is 30.8. The van der Waals surface area contributed by atoms with E-state index >= 15 is 0 Å². The molecule has 9 heteroatoms. The van der Waals surface area contributed by atoms with Crippen LogP contribution in [0, 0.1) is 5.92 Å². The fraction of sp³-hybridized carbons (Fsp3) is 0.366. The van der Waals surface area contributed by atoms with Gasteiger partial charge < -0.3 is 29.5 Å². The number of hydrogen-bond donors (Lipinski definition) is 2. The van der Waals surface area contributed by atoms with E-state index in [9.17, 15) is 14.7 Å². The summed E-state index contributed by atoms with van der Waals surface area (Å²) in [6.45, 7) is 7.68. The molecule has 0 unspecified atom stereocenters. The number of rotatable bonds is 15. The van der Waals surface area contributed by atoms with Crippen LogP contribution in [0.4, 0.5) is 5.69 Å². The molecule has 1 fully saturated rings. The van der Waals surface area contributed by atoms with Crippen molar-refractivity contribution in [2.24, 2.45) is 5.92 Å². The maximum atomic E-state index is 13.9. The summed E-state index contributed by atoms with van der Waals surface area (Å²) < 4.78 is 17.5. The summed E-state index contributed by atoms with van der Waals surface area (Å²) >= 11 is 0. The lowest BCUT2D eigenvalue weighted by molar-refractivity contribution is -0.135. The Labute approximate surface area is 297 Å². The molecule has 0 aromatic heterocycles. The standard InChI is InChI=1S/C41H50N2O6Si/c1-29-37(24-13-30-11-16-33(17-12-30)42-41(46)32-14-18-34(47-2)19-15-32)49-38(40(29)50(4,5)36-22-20-35(48-3)21-23-36)27-39(45)43(25-26-44)28-31-9-7-6-8-10-31/h6-12,14-23,29,37-38,40,44H,13,24-28H2,1-5H3,(H,42,46)/t29-,37+,38-,40+/m0/s1. The van der Waals surface area contributed by atoms with Crippen LogP contribution in [-0.4, -0.2) is 69.5 Å². The number of nitrogens with one attached hydrogen (secondary N) is 1.